The Hall–Kier alpha value is -3.25. The van der Waals surface area contributed by atoms with E-state index in [2.05, 4.69) is 0 Å². The van der Waals surface area contributed by atoms with Gasteiger partial charge in [0.05, 0.1) is 0 Å². The zero-order chi connectivity index (χ0) is 14.9. The van der Waals surface area contributed by atoms with Gasteiger partial charge in [0.15, 0.2) is 0 Å². The van der Waals surface area contributed by atoms with E-state index < -0.39 is 42.1 Å². The Balaban J connectivity index is 2.32. The van der Waals surface area contributed by atoms with Crippen LogP contribution in [0.4, 0.5) is 4.79 Å². The number of H-pyrrole nitrogens is 4. The maximum Gasteiger partial charge on any atom is 0.345 e. The predicted octanol–water partition coefficient (Wildman–Crippen LogP) is -3.96. The molecule has 0 fully saturated rings. The smallest absolute Gasteiger partial charge is 0.345 e. The molecule has 2 heterocycles. The van der Waals surface area contributed by atoms with E-state index in [0.29, 0.717) is 9.13 Å². The number of hydrogen-bond donors (Lipinski definition) is 5. The van der Waals surface area contributed by atoms with Crippen molar-refractivity contribution in [3.63, 3.8) is 0 Å². The quantitative estimate of drug-likeness (QED) is 0.382. The molecule has 0 atom stereocenters. The van der Waals surface area contributed by atoms with Crippen LogP contribution in [-0.2, 0) is 13.3 Å². The van der Waals surface area contributed by atoms with Crippen molar-refractivity contribution in [1.29, 1.82) is 0 Å². The zero-order valence-electron chi connectivity index (χ0n) is 9.87. The maximum atomic E-state index is 11.3. The first-order chi connectivity index (χ1) is 9.40. The largest absolute Gasteiger partial charge is 0.351 e. The molecule has 2 rings (SSSR count). The van der Waals surface area contributed by atoms with Gasteiger partial charge >= 0.3 is 28.8 Å². The summed E-state index contributed by atoms with van der Waals surface area (Å²) >= 11 is 0. The molecule has 13 nitrogen and oxygen atoms in total. The van der Waals surface area contributed by atoms with E-state index >= 15 is 0 Å². The molecule has 6 N–H and O–H groups in total. The van der Waals surface area contributed by atoms with E-state index in [1.807, 2.05) is 20.4 Å². The van der Waals surface area contributed by atoms with Crippen LogP contribution in [0.15, 0.2) is 19.2 Å². The van der Waals surface area contributed by atoms with E-state index in [0.717, 1.165) is 4.90 Å². The van der Waals surface area contributed by atoms with E-state index in [1.165, 1.54) is 0 Å². The summed E-state index contributed by atoms with van der Waals surface area (Å²) in [6.07, 6.45) is 0. The van der Waals surface area contributed by atoms with Crippen molar-refractivity contribution in [3.05, 3.63) is 41.9 Å². The van der Waals surface area contributed by atoms with E-state index in [4.69, 9.17) is 5.73 Å². The second kappa shape index (κ2) is 4.79. The van der Waals surface area contributed by atoms with Crippen molar-refractivity contribution < 1.29 is 4.79 Å². The van der Waals surface area contributed by atoms with Crippen LogP contribution >= 0.6 is 0 Å². The Bertz CT molecular complexity index is 722. The number of carbonyl (C=O) groups is 1. The van der Waals surface area contributed by atoms with Gasteiger partial charge in [0.2, 0.25) is 0 Å². The van der Waals surface area contributed by atoms with Gasteiger partial charge in [-0.15, -0.1) is 0 Å². The third kappa shape index (κ3) is 2.31. The van der Waals surface area contributed by atoms with E-state index in [1.54, 1.807) is 0 Å². The standard InChI is InChI=1S/C7H10N8O5/c8-3(16)13(1-14-4(17)9-10-5(14)18)2-15-6(19)11-12-7(15)20/h1-2H2,(H2,8,16)(H,9,17)(H,10,18)(H,11,19)(H,12,20). The normalized spacial score (nSPS) is 10.6. The minimum atomic E-state index is -1.02. The summed E-state index contributed by atoms with van der Waals surface area (Å²) < 4.78 is 1.27. The van der Waals surface area contributed by atoms with Crippen LogP contribution in [0, 0.1) is 0 Å². The van der Waals surface area contributed by atoms with Crippen LogP contribution < -0.4 is 28.5 Å². The number of urea groups is 1. The first-order valence-corrected chi connectivity index (χ1v) is 5.19. The second-order valence-electron chi connectivity index (χ2n) is 3.74. The Morgan fingerprint density at radius 3 is 1.40 bits per heavy atom. The molecule has 108 valence electrons. The number of nitrogens with one attached hydrogen (secondary N) is 4. The highest BCUT2D eigenvalue weighted by molar-refractivity contribution is 5.71. The molecule has 0 unspecified atom stereocenters. The molecule has 13 heteroatoms. The fourth-order valence-electron chi connectivity index (χ4n) is 1.45. The Morgan fingerprint density at radius 2 is 1.15 bits per heavy atom. The minimum Gasteiger partial charge on any atom is -0.351 e. The molecular weight excluding hydrogens is 276 g/mol. The zero-order valence-corrected chi connectivity index (χ0v) is 9.87. The van der Waals surface area contributed by atoms with Crippen molar-refractivity contribution in [2.24, 2.45) is 5.73 Å². The van der Waals surface area contributed by atoms with Gasteiger partial charge in [-0.3, -0.25) is 4.90 Å². The maximum absolute atomic E-state index is 11.3. The molecule has 0 bridgehead atoms. The average Bonchev–Trinajstić information content (AvgIpc) is 2.86. The number of amides is 2. The lowest BCUT2D eigenvalue weighted by Gasteiger charge is -2.18. The summed E-state index contributed by atoms with van der Waals surface area (Å²) in [5.41, 5.74) is 1.90. The topological polar surface area (TPSA) is 188 Å². The van der Waals surface area contributed by atoms with Crippen molar-refractivity contribution in [1.82, 2.24) is 34.4 Å². The van der Waals surface area contributed by atoms with Gasteiger partial charge in [-0.25, -0.2) is 53.5 Å². The van der Waals surface area contributed by atoms with Crippen LogP contribution in [-0.4, -0.2) is 40.5 Å². The first-order valence-electron chi connectivity index (χ1n) is 5.19. The number of nitrogens with zero attached hydrogens (tertiary/aromatic N) is 3. The van der Waals surface area contributed by atoms with E-state index in [-0.39, 0.29) is 0 Å². The molecule has 0 saturated carbocycles. The Labute approximate surface area is 107 Å². The summed E-state index contributed by atoms with van der Waals surface area (Å²) in [6, 6.07) is -1.02. The number of rotatable bonds is 4. The molecule has 0 aliphatic heterocycles. The number of aromatic nitrogens is 6. The number of hydrogen-bond acceptors (Lipinski definition) is 5. The van der Waals surface area contributed by atoms with Crippen LogP contribution in [0.2, 0.25) is 0 Å². The van der Waals surface area contributed by atoms with Crippen LogP contribution in [0.1, 0.15) is 0 Å². The van der Waals surface area contributed by atoms with Gasteiger partial charge in [0.25, 0.3) is 0 Å². The van der Waals surface area contributed by atoms with Gasteiger partial charge in [-0.05, 0) is 0 Å². The molecular formula is C7H10N8O5. The Morgan fingerprint density at radius 1 is 0.850 bits per heavy atom. The highest BCUT2D eigenvalue weighted by atomic mass is 16.2. The van der Waals surface area contributed by atoms with Crippen LogP contribution in [0.5, 0.6) is 0 Å². The summed E-state index contributed by atoms with van der Waals surface area (Å²) in [4.78, 5) is 57.2. The van der Waals surface area contributed by atoms with Crippen molar-refractivity contribution in [2.75, 3.05) is 0 Å². The molecule has 0 aliphatic carbocycles. The summed E-state index contributed by atoms with van der Waals surface area (Å²) in [6.45, 7) is -1.05. The fraction of sp³-hybridized carbons (Fsp3) is 0.286. The predicted molar refractivity (Wildman–Crippen MR) is 62.8 cm³/mol. The third-order valence-corrected chi connectivity index (χ3v) is 2.47. The highest BCUT2D eigenvalue weighted by Crippen LogP contribution is 1.91. The van der Waals surface area contributed by atoms with Crippen molar-refractivity contribution >= 4 is 6.03 Å². The van der Waals surface area contributed by atoms with Crippen molar-refractivity contribution in [2.45, 2.75) is 13.3 Å². The third-order valence-electron chi connectivity index (χ3n) is 2.47. The molecule has 2 aromatic rings. The summed E-state index contributed by atoms with van der Waals surface area (Å²) in [5, 5.41) is 8.05. The second-order valence-corrected chi connectivity index (χ2v) is 3.74. The lowest BCUT2D eigenvalue weighted by molar-refractivity contribution is 0.167. The lowest BCUT2D eigenvalue weighted by Crippen LogP contribution is -2.46. The van der Waals surface area contributed by atoms with Crippen molar-refractivity contribution in [3.8, 4) is 0 Å². The van der Waals surface area contributed by atoms with Gasteiger partial charge in [0.1, 0.15) is 13.3 Å². The Kier molecular flexibility index (Phi) is 3.16. The molecule has 20 heavy (non-hydrogen) atoms. The summed E-state index contributed by atoms with van der Waals surface area (Å²) in [5.74, 6) is 0. The van der Waals surface area contributed by atoms with Gasteiger partial charge < -0.3 is 5.73 Å². The number of carbonyl (C=O) groups excluding carboxylic acids is 1. The first kappa shape index (κ1) is 13.2. The number of primary amides is 1. The fourth-order valence-corrected chi connectivity index (χ4v) is 1.45. The molecule has 2 amide bonds. The van der Waals surface area contributed by atoms with Gasteiger partial charge in [-0.1, -0.05) is 0 Å². The molecule has 0 radical (unpaired) electrons. The lowest BCUT2D eigenvalue weighted by atomic mass is 10.7. The van der Waals surface area contributed by atoms with Crippen LogP contribution in [0.25, 0.3) is 0 Å². The molecule has 0 spiro atoms. The molecule has 0 saturated heterocycles. The SMILES string of the molecule is NC(=O)N(Cn1c(=O)[nH][nH]c1=O)Cn1c(=O)[nH][nH]c1=O. The van der Waals surface area contributed by atoms with Crippen LogP contribution in [0.3, 0.4) is 0 Å². The summed E-state index contributed by atoms with van der Waals surface area (Å²) in [7, 11) is 0. The van der Waals surface area contributed by atoms with E-state index in [9.17, 15) is 24.0 Å². The molecule has 0 aromatic carbocycles. The number of nitrogens with two attached hydrogens (primary N) is 1. The molecule has 0 aliphatic rings. The average molecular weight is 286 g/mol. The monoisotopic (exact) mass is 286 g/mol. The minimum absolute atomic E-state index is 0.524. The number of aromatic amines is 4. The molecule has 2 aromatic heterocycles. The van der Waals surface area contributed by atoms with Gasteiger partial charge in [0, 0.05) is 0 Å². The van der Waals surface area contributed by atoms with Gasteiger partial charge in [-0.2, -0.15) is 0 Å². The highest BCUT2D eigenvalue weighted by Gasteiger charge is 2.16.